The first-order valence-corrected chi connectivity index (χ1v) is 9.18. The van der Waals surface area contributed by atoms with Crippen molar-refractivity contribution in [1.82, 2.24) is 15.3 Å². The number of benzene rings is 1. The Morgan fingerprint density at radius 1 is 1.30 bits per heavy atom. The lowest BCUT2D eigenvalue weighted by molar-refractivity contribution is -0.127. The van der Waals surface area contributed by atoms with Gasteiger partial charge < -0.3 is 19.7 Å². The van der Waals surface area contributed by atoms with Gasteiger partial charge in [0.05, 0.1) is 11.1 Å². The highest BCUT2D eigenvalue weighted by molar-refractivity contribution is 5.88. The Hall–Kier alpha value is -2.83. The topological polar surface area (TPSA) is 76.6 Å². The van der Waals surface area contributed by atoms with Crippen LogP contribution < -0.4 is 19.7 Å². The summed E-state index contributed by atoms with van der Waals surface area (Å²) in [6, 6.07) is 5.72. The van der Waals surface area contributed by atoms with Gasteiger partial charge in [0, 0.05) is 26.8 Å². The number of nitrogens with zero attached hydrogens (tertiary/aromatic N) is 3. The number of carbonyl (C=O) groups excluding carboxylic acids is 1. The fraction of sp³-hybridized carbons (Fsp3) is 0.450. The van der Waals surface area contributed by atoms with Crippen molar-refractivity contribution >= 4 is 11.9 Å². The van der Waals surface area contributed by atoms with Gasteiger partial charge in [-0.1, -0.05) is 6.07 Å². The molecule has 7 nitrogen and oxygen atoms in total. The van der Waals surface area contributed by atoms with E-state index < -0.39 is 5.41 Å². The van der Waals surface area contributed by atoms with Crippen molar-refractivity contribution in [3.05, 3.63) is 41.2 Å². The van der Waals surface area contributed by atoms with Gasteiger partial charge in [-0.2, -0.15) is 0 Å². The van der Waals surface area contributed by atoms with E-state index in [2.05, 4.69) is 10.3 Å². The third-order valence-electron chi connectivity index (χ3n) is 5.29. The Labute approximate surface area is 158 Å². The molecule has 0 radical (unpaired) electrons. The zero-order valence-electron chi connectivity index (χ0n) is 15.9. The predicted molar refractivity (Wildman–Crippen MR) is 101 cm³/mol. The van der Waals surface area contributed by atoms with E-state index >= 15 is 0 Å². The molecule has 2 aliphatic rings. The summed E-state index contributed by atoms with van der Waals surface area (Å²) in [5.74, 6) is 2.08. The summed E-state index contributed by atoms with van der Waals surface area (Å²) in [5.41, 5.74) is 2.23. The Kier molecular flexibility index (Phi) is 4.37. The zero-order valence-corrected chi connectivity index (χ0v) is 15.9. The van der Waals surface area contributed by atoms with Crippen LogP contribution in [0.5, 0.6) is 11.5 Å². The van der Waals surface area contributed by atoms with E-state index in [1.807, 2.05) is 50.3 Å². The smallest absolute Gasteiger partial charge is 0.232 e. The highest BCUT2D eigenvalue weighted by Gasteiger charge is 2.41. The minimum absolute atomic E-state index is 0.00970. The third-order valence-corrected chi connectivity index (χ3v) is 5.29. The molecule has 1 aliphatic heterocycles. The standard InChI is InChI=1S/C20H24N4O3/c1-20(8-4-5-14-11-22-19(24(2)3)23-17(14)20)18(25)21-10-13-6-7-15-16(9-13)27-12-26-15/h6-7,9,11H,4-5,8,10,12H2,1-3H3,(H,21,25). The lowest BCUT2D eigenvalue weighted by atomic mass is 9.74. The number of hydrogen-bond donors (Lipinski definition) is 1. The first-order chi connectivity index (χ1) is 13.0. The second-order valence-corrected chi connectivity index (χ2v) is 7.49. The molecule has 2 heterocycles. The molecule has 7 heteroatoms. The summed E-state index contributed by atoms with van der Waals surface area (Å²) in [4.78, 5) is 24.1. The van der Waals surface area contributed by atoms with Crippen molar-refractivity contribution in [2.45, 2.75) is 38.1 Å². The van der Waals surface area contributed by atoms with Gasteiger partial charge >= 0.3 is 0 Å². The van der Waals surface area contributed by atoms with Crippen LogP contribution in [0.25, 0.3) is 0 Å². The summed E-state index contributed by atoms with van der Waals surface area (Å²) < 4.78 is 10.7. The van der Waals surface area contributed by atoms with Crippen LogP contribution in [0, 0.1) is 0 Å². The fourth-order valence-electron chi connectivity index (χ4n) is 3.67. The van der Waals surface area contributed by atoms with Gasteiger partial charge in [0.1, 0.15) is 0 Å². The third kappa shape index (κ3) is 3.18. The lowest BCUT2D eigenvalue weighted by Gasteiger charge is -2.33. The van der Waals surface area contributed by atoms with Gasteiger partial charge in [-0.3, -0.25) is 4.79 Å². The molecule has 1 N–H and O–H groups in total. The molecule has 4 rings (SSSR count). The summed E-state index contributed by atoms with van der Waals surface area (Å²) in [7, 11) is 3.81. The molecule has 0 spiro atoms. The van der Waals surface area contributed by atoms with Gasteiger partial charge in [0.15, 0.2) is 11.5 Å². The molecule has 1 amide bonds. The number of hydrogen-bond acceptors (Lipinski definition) is 6. The number of carbonyl (C=O) groups is 1. The molecule has 1 atom stereocenters. The molecule has 0 saturated heterocycles. The average molecular weight is 368 g/mol. The van der Waals surface area contributed by atoms with Gasteiger partial charge in [-0.15, -0.1) is 0 Å². The van der Waals surface area contributed by atoms with Crippen molar-refractivity contribution in [2.24, 2.45) is 0 Å². The van der Waals surface area contributed by atoms with Crippen LogP contribution in [-0.4, -0.2) is 36.8 Å². The van der Waals surface area contributed by atoms with Crippen molar-refractivity contribution in [1.29, 1.82) is 0 Å². The largest absolute Gasteiger partial charge is 0.454 e. The molecular weight excluding hydrogens is 344 g/mol. The molecule has 142 valence electrons. The number of aromatic nitrogens is 2. The monoisotopic (exact) mass is 368 g/mol. The Morgan fingerprint density at radius 3 is 2.93 bits per heavy atom. The van der Waals surface area contributed by atoms with E-state index in [0.717, 1.165) is 47.6 Å². The first-order valence-electron chi connectivity index (χ1n) is 9.18. The van der Waals surface area contributed by atoms with Crippen LogP contribution in [0.1, 0.15) is 36.6 Å². The highest BCUT2D eigenvalue weighted by Crippen LogP contribution is 2.37. The SMILES string of the molecule is CN(C)c1ncc2c(n1)C(C)(C(=O)NCc1ccc3c(c1)OCO3)CCC2. The van der Waals surface area contributed by atoms with E-state index in [9.17, 15) is 4.79 Å². The molecule has 1 aliphatic carbocycles. The summed E-state index contributed by atoms with van der Waals surface area (Å²) >= 11 is 0. The molecule has 2 aromatic rings. The van der Waals surface area contributed by atoms with Gasteiger partial charge in [-0.05, 0) is 49.4 Å². The second-order valence-electron chi connectivity index (χ2n) is 7.49. The van der Waals surface area contributed by atoms with Crippen LogP contribution >= 0.6 is 0 Å². The van der Waals surface area contributed by atoms with Crippen LogP contribution in [0.2, 0.25) is 0 Å². The molecular formula is C20H24N4O3. The van der Waals surface area contributed by atoms with Crippen LogP contribution in [-0.2, 0) is 23.2 Å². The van der Waals surface area contributed by atoms with Crippen LogP contribution in [0.15, 0.2) is 24.4 Å². The van der Waals surface area contributed by atoms with Crippen LogP contribution in [0.3, 0.4) is 0 Å². The number of ether oxygens (including phenoxy) is 2. The summed E-state index contributed by atoms with van der Waals surface area (Å²) in [6.45, 7) is 2.66. The number of nitrogens with one attached hydrogen (secondary N) is 1. The molecule has 1 unspecified atom stereocenters. The number of rotatable bonds is 4. The Morgan fingerprint density at radius 2 is 2.11 bits per heavy atom. The molecule has 0 fully saturated rings. The van der Waals surface area contributed by atoms with Gasteiger partial charge in [0.2, 0.25) is 18.6 Å². The van der Waals surface area contributed by atoms with Crippen LogP contribution in [0.4, 0.5) is 5.95 Å². The van der Waals surface area contributed by atoms with E-state index in [1.54, 1.807) is 0 Å². The second kappa shape index (κ2) is 6.72. The van der Waals surface area contributed by atoms with E-state index in [1.165, 1.54) is 0 Å². The predicted octanol–water partition coefficient (Wildman–Crippen LogP) is 2.18. The maximum atomic E-state index is 13.1. The first kappa shape index (κ1) is 17.6. The van der Waals surface area contributed by atoms with Crippen molar-refractivity contribution in [2.75, 3.05) is 25.8 Å². The Bertz CT molecular complexity index is 884. The van der Waals surface area contributed by atoms with E-state index in [-0.39, 0.29) is 12.7 Å². The van der Waals surface area contributed by atoms with Gasteiger partial charge in [-0.25, -0.2) is 9.97 Å². The molecule has 0 bridgehead atoms. The summed E-state index contributed by atoms with van der Waals surface area (Å²) in [5, 5.41) is 3.08. The van der Waals surface area contributed by atoms with E-state index in [0.29, 0.717) is 12.5 Å². The average Bonchev–Trinajstić information content (AvgIpc) is 3.13. The Balaban J connectivity index is 1.54. The lowest BCUT2D eigenvalue weighted by Crippen LogP contribution is -2.45. The normalized spacial score (nSPS) is 20.1. The molecule has 1 aromatic heterocycles. The minimum Gasteiger partial charge on any atom is -0.454 e. The highest BCUT2D eigenvalue weighted by atomic mass is 16.7. The van der Waals surface area contributed by atoms with Gasteiger partial charge in [0.25, 0.3) is 0 Å². The quantitative estimate of drug-likeness (QED) is 0.891. The summed E-state index contributed by atoms with van der Waals surface area (Å²) in [6.07, 6.45) is 4.50. The molecule has 1 aromatic carbocycles. The zero-order chi connectivity index (χ0) is 19.0. The van der Waals surface area contributed by atoms with Crippen molar-refractivity contribution in [3.63, 3.8) is 0 Å². The maximum Gasteiger partial charge on any atom is 0.232 e. The fourth-order valence-corrected chi connectivity index (χ4v) is 3.67. The number of anilines is 1. The molecule has 27 heavy (non-hydrogen) atoms. The number of aryl methyl sites for hydroxylation is 1. The number of fused-ring (bicyclic) bond motifs is 2. The van der Waals surface area contributed by atoms with E-state index in [4.69, 9.17) is 14.5 Å². The van der Waals surface area contributed by atoms with Crippen molar-refractivity contribution in [3.8, 4) is 11.5 Å². The molecule has 0 saturated carbocycles. The van der Waals surface area contributed by atoms with Crippen molar-refractivity contribution < 1.29 is 14.3 Å². The minimum atomic E-state index is -0.655. The number of amides is 1. The maximum absolute atomic E-state index is 13.1.